The number of carbonyl (C=O) groups excluding carboxylic acids is 1. The second-order valence-corrected chi connectivity index (χ2v) is 5.55. The second kappa shape index (κ2) is 9.32. The van der Waals surface area contributed by atoms with E-state index >= 15 is 0 Å². The van der Waals surface area contributed by atoms with Crippen LogP contribution < -0.4 is 5.32 Å². The van der Waals surface area contributed by atoms with E-state index in [9.17, 15) is 4.79 Å². The van der Waals surface area contributed by atoms with Gasteiger partial charge in [0.05, 0.1) is 6.61 Å². The normalized spacial score (nSPS) is 18.5. The van der Waals surface area contributed by atoms with Crippen LogP contribution in [0.5, 0.6) is 0 Å². The predicted octanol–water partition coefficient (Wildman–Crippen LogP) is 2.18. The number of nitrogens with zero attached hydrogens (tertiary/aromatic N) is 1. The Bertz CT molecular complexity index is 253. The SMILES string of the molecule is CCOC(=O)C(C)NCCCN(C)C1CCCCC1. The van der Waals surface area contributed by atoms with Crippen LogP contribution in [0.1, 0.15) is 52.4 Å². The Kier molecular flexibility index (Phi) is 8.07. The highest BCUT2D eigenvalue weighted by Gasteiger charge is 2.17. The Morgan fingerprint density at radius 3 is 2.68 bits per heavy atom. The fraction of sp³-hybridized carbons (Fsp3) is 0.933. The minimum atomic E-state index is -0.195. The van der Waals surface area contributed by atoms with Crippen molar-refractivity contribution in [3.05, 3.63) is 0 Å². The first kappa shape index (κ1) is 16.4. The summed E-state index contributed by atoms with van der Waals surface area (Å²) in [6.07, 6.45) is 7.95. The Morgan fingerprint density at radius 1 is 1.37 bits per heavy atom. The molecule has 1 aliphatic rings. The minimum absolute atomic E-state index is 0.150. The monoisotopic (exact) mass is 270 g/mol. The average Bonchev–Trinajstić information content (AvgIpc) is 2.44. The van der Waals surface area contributed by atoms with Crippen molar-refractivity contribution in [3.63, 3.8) is 0 Å². The number of esters is 1. The van der Waals surface area contributed by atoms with Gasteiger partial charge in [0, 0.05) is 6.04 Å². The van der Waals surface area contributed by atoms with Crippen molar-refractivity contribution < 1.29 is 9.53 Å². The zero-order chi connectivity index (χ0) is 14.1. The van der Waals surface area contributed by atoms with Crippen LogP contribution in [0.3, 0.4) is 0 Å². The van der Waals surface area contributed by atoms with Gasteiger partial charge >= 0.3 is 5.97 Å². The first-order chi connectivity index (χ1) is 9.15. The highest BCUT2D eigenvalue weighted by molar-refractivity contribution is 5.75. The maximum atomic E-state index is 11.4. The predicted molar refractivity (Wildman–Crippen MR) is 78.2 cm³/mol. The highest BCUT2D eigenvalue weighted by atomic mass is 16.5. The second-order valence-electron chi connectivity index (χ2n) is 5.55. The smallest absolute Gasteiger partial charge is 0.322 e. The van der Waals surface area contributed by atoms with E-state index in [4.69, 9.17) is 4.74 Å². The van der Waals surface area contributed by atoms with Crippen molar-refractivity contribution in [2.75, 3.05) is 26.7 Å². The first-order valence-corrected chi connectivity index (χ1v) is 7.75. The molecule has 0 heterocycles. The van der Waals surface area contributed by atoms with Gasteiger partial charge in [-0.1, -0.05) is 19.3 Å². The van der Waals surface area contributed by atoms with Crippen LogP contribution in [0.4, 0.5) is 0 Å². The Balaban J connectivity index is 2.07. The van der Waals surface area contributed by atoms with Gasteiger partial charge in [0.1, 0.15) is 6.04 Å². The molecule has 1 saturated carbocycles. The average molecular weight is 270 g/mol. The van der Waals surface area contributed by atoms with E-state index in [1.54, 1.807) is 0 Å². The van der Waals surface area contributed by atoms with E-state index in [-0.39, 0.29) is 12.0 Å². The van der Waals surface area contributed by atoms with Gasteiger partial charge in [0.15, 0.2) is 0 Å². The molecule has 112 valence electrons. The molecule has 0 aromatic carbocycles. The molecule has 1 rings (SSSR count). The highest BCUT2D eigenvalue weighted by Crippen LogP contribution is 2.21. The van der Waals surface area contributed by atoms with Crippen LogP contribution in [0.2, 0.25) is 0 Å². The van der Waals surface area contributed by atoms with E-state index in [1.807, 2.05) is 13.8 Å². The first-order valence-electron chi connectivity index (χ1n) is 7.75. The van der Waals surface area contributed by atoms with Crippen molar-refractivity contribution >= 4 is 5.97 Å². The summed E-state index contributed by atoms with van der Waals surface area (Å²) >= 11 is 0. The van der Waals surface area contributed by atoms with Crippen molar-refractivity contribution in [3.8, 4) is 0 Å². The standard InChI is InChI=1S/C15H30N2O2/c1-4-19-15(18)13(2)16-11-8-12-17(3)14-9-6-5-7-10-14/h13-14,16H,4-12H2,1-3H3. The minimum Gasteiger partial charge on any atom is -0.465 e. The van der Waals surface area contributed by atoms with Crippen molar-refractivity contribution in [1.82, 2.24) is 10.2 Å². The van der Waals surface area contributed by atoms with Crippen molar-refractivity contribution in [1.29, 1.82) is 0 Å². The van der Waals surface area contributed by atoms with Crippen LogP contribution in [0.25, 0.3) is 0 Å². The number of carbonyl (C=O) groups is 1. The molecule has 19 heavy (non-hydrogen) atoms. The molecule has 1 fully saturated rings. The molecule has 1 N–H and O–H groups in total. The summed E-state index contributed by atoms with van der Waals surface area (Å²) < 4.78 is 4.97. The van der Waals surface area contributed by atoms with Gasteiger partial charge in [-0.3, -0.25) is 4.79 Å². The summed E-state index contributed by atoms with van der Waals surface area (Å²) in [5.41, 5.74) is 0. The van der Waals surface area contributed by atoms with Crippen LogP contribution in [0, 0.1) is 0 Å². The summed E-state index contributed by atoms with van der Waals surface area (Å²) in [5, 5.41) is 3.22. The Labute approximate surface area is 117 Å². The van der Waals surface area contributed by atoms with Crippen LogP contribution in [-0.2, 0) is 9.53 Å². The van der Waals surface area contributed by atoms with Gasteiger partial charge in [-0.25, -0.2) is 0 Å². The molecule has 0 aromatic heterocycles. The third-order valence-corrected chi connectivity index (χ3v) is 3.98. The molecule has 0 radical (unpaired) electrons. The van der Waals surface area contributed by atoms with Crippen LogP contribution in [0.15, 0.2) is 0 Å². The maximum Gasteiger partial charge on any atom is 0.322 e. The molecule has 4 heteroatoms. The Morgan fingerprint density at radius 2 is 2.05 bits per heavy atom. The maximum absolute atomic E-state index is 11.4. The van der Waals surface area contributed by atoms with E-state index < -0.39 is 0 Å². The third-order valence-electron chi connectivity index (χ3n) is 3.98. The molecule has 1 aliphatic carbocycles. The van der Waals surface area contributed by atoms with E-state index in [2.05, 4.69) is 17.3 Å². The fourth-order valence-electron chi connectivity index (χ4n) is 2.70. The largest absolute Gasteiger partial charge is 0.465 e. The summed E-state index contributed by atoms with van der Waals surface area (Å²) in [4.78, 5) is 13.9. The lowest BCUT2D eigenvalue weighted by molar-refractivity contribution is -0.145. The molecular formula is C15H30N2O2. The van der Waals surface area contributed by atoms with Gasteiger partial charge in [-0.2, -0.15) is 0 Å². The van der Waals surface area contributed by atoms with Crippen molar-refractivity contribution in [2.24, 2.45) is 0 Å². The lowest BCUT2D eigenvalue weighted by Crippen LogP contribution is -2.38. The number of hydrogen-bond acceptors (Lipinski definition) is 4. The summed E-state index contributed by atoms with van der Waals surface area (Å²) in [6.45, 7) is 6.13. The van der Waals surface area contributed by atoms with E-state index in [0.717, 1.165) is 25.6 Å². The van der Waals surface area contributed by atoms with Crippen LogP contribution in [-0.4, -0.2) is 49.7 Å². The molecular weight excluding hydrogens is 240 g/mol. The topological polar surface area (TPSA) is 41.6 Å². The Hall–Kier alpha value is -0.610. The number of hydrogen-bond donors (Lipinski definition) is 1. The van der Waals surface area contributed by atoms with Crippen LogP contribution >= 0.6 is 0 Å². The molecule has 0 amide bonds. The molecule has 0 spiro atoms. The van der Waals surface area contributed by atoms with Crippen molar-refractivity contribution in [2.45, 2.75) is 64.5 Å². The number of ether oxygens (including phenoxy) is 1. The van der Waals surface area contributed by atoms with Gasteiger partial charge in [0.25, 0.3) is 0 Å². The lowest BCUT2D eigenvalue weighted by Gasteiger charge is -2.31. The molecule has 0 saturated heterocycles. The molecule has 0 aliphatic heterocycles. The molecule has 0 aromatic rings. The quantitative estimate of drug-likeness (QED) is 0.542. The summed E-state index contributed by atoms with van der Waals surface area (Å²) in [7, 11) is 2.23. The zero-order valence-corrected chi connectivity index (χ0v) is 12.8. The van der Waals surface area contributed by atoms with E-state index in [1.165, 1.54) is 32.1 Å². The van der Waals surface area contributed by atoms with Gasteiger partial charge in [0.2, 0.25) is 0 Å². The number of rotatable bonds is 8. The fourth-order valence-corrected chi connectivity index (χ4v) is 2.70. The molecule has 1 atom stereocenters. The summed E-state index contributed by atoms with van der Waals surface area (Å²) in [5.74, 6) is -0.150. The number of nitrogens with one attached hydrogen (secondary N) is 1. The lowest BCUT2D eigenvalue weighted by atomic mass is 9.94. The van der Waals surface area contributed by atoms with Gasteiger partial charge < -0.3 is 15.0 Å². The van der Waals surface area contributed by atoms with E-state index in [0.29, 0.717) is 6.61 Å². The molecule has 1 unspecified atom stereocenters. The third kappa shape index (κ3) is 6.39. The molecule has 0 bridgehead atoms. The van der Waals surface area contributed by atoms with Gasteiger partial charge in [-0.15, -0.1) is 0 Å². The zero-order valence-electron chi connectivity index (χ0n) is 12.8. The molecule has 4 nitrogen and oxygen atoms in total. The van der Waals surface area contributed by atoms with Gasteiger partial charge in [-0.05, 0) is 53.2 Å². The summed E-state index contributed by atoms with van der Waals surface area (Å²) in [6, 6.07) is 0.580.